The molecule has 3 aromatic rings. The Balaban J connectivity index is 1.97. The lowest BCUT2D eigenvalue weighted by molar-refractivity contribution is 0.0945. The summed E-state index contributed by atoms with van der Waals surface area (Å²) in [6, 6.07) is 12.4. The second-order valence-electron chi connectivity index (χ2n) is 5.11. The molecule has 124 valence electrons. The van der Waals surface area contributed by atoms with Crippen molar-refractivity contribution in [2.24, 2.45) is 0 Å². The van der Waals surface area contributed by atoms with E-state index in [1.807, 2.05) is 12.1 Å². The van der Waals surface area contributed by atoms with E-state index in [2.05, 4.69) is 10.4 Å². The molecule has 0 bridgehead atoms. The van der Waals surface area contributed by atoms with E-state index in [0.29, 0.717) is 29.4 Å². The van der Waals surface area contributed by atoms with E-state index < -0.39 is 0 Å². The first-order valence-corrected chi connectivity index (χ1v) is 7.86. The maximum atomic E-state index is 12.2. The van der Waals surface area contributed by atoms with E-state index in [1.165, 1.54) is 0 Å². The van der Waals surface area contributed by atoms with Crippen LogP contribution in [0, 0.1) is 0 Å². The van der Waals surface area contributed by atoms with Crippen molar-refractivity contribution in [2.75, 3.05) is 13.2 Å². The number of amides is 1. The van der Waals surface area contributed by atoms with E-state index in [9.17, 15) is 4.79 Å². The molecule has 0 aliphatic carbocycles. The highest BCUT2D eigenvalue weighted by atomic mass is 35.5. The Morgan fingerprint density at radius 2 is 2.08 bits per heavy atom. The number of aliphatic hydroxyl groups is 1. The quantitative estimate of drug-likeness (QED) is 0.673. The number of nitrogens with one attached hydrogen (secondary N) is 1. The Labute approximate surface area is 143 Å². The van der Waals surface area contributed by atoms with Crippen molar-refractivity contribution in [1.82, 2.24) is 15.1 Å². The number of rotatable bonds is 6. The fourth-order valence-corrected chi connectivity index (χ4v) is 2.37. The van der Waals surface area contributed by atoms with Crippen LogP contribution in [0.5, 0.6) is 0 Å². The van der Waals surface area contributed by atoms with Crippen molar-refractivity contribution >= 4 is 17.5 Å². The van der Waals surface area contributed by atoms with E-state index in [-0.39, 0.29) is 18.2 Å². The molecule has 0 aliphatic heterocycles. The summed E-state index contributed by atoms with van der Waals surface area (Å²) in [6.07, 6.45) is 2.06. The van der Waals surface area contributed by atoms with E-state index in [4.69, 9.17) is 21.1 Å². The van der Waals surface area contributed by atoms with Crippen LogP contribution in [0.1, 0.15) is 16.9 Å². The average Bonchev–Trinajstić information content (AvgIpc) is 3.25. The highest BCUT2D eigenvalue weighted by Crippen LogP contribution is 2.25. The molecule has 0 atom stereocenters. The lowest BCUT2D eigenvalue weighted by Crippen LogP contribution is -2.25. The molecule has 7 heteroatoms. The minimum atomic E-state index is -0.302. The summed E-state index contributed by atoms with van der Waals surface area (Å²) in [7, 11) is 0. The summed E-state index contributed by atoms with van der Waals surface area (Å²) in [5.74, 6) is 0.302. The molecule has 0 aliphatic rings. The van der Waals surface area contributed by atoms with Gasteiger partial charge in [-0.3, -0.25) is 4.79 Å². The van der Waals surface area contributed by atoms with Crippen molar-refractivity contribution in [3.63, 3.8) is 0 Å². The first-order chi connectivity index (χ1) is 11.7. The Hall–Kier alpha value is -2.57. The molecular formula is C17H16ClN3O3. The topological polar surface area (TPSA) is 80.3 Å². The molecule has 6 nitrogen and oxygen atoms in total. The number of hydrogen-bond acceptors (Lipinski definition) is 4. The highest BCUT2D eigenvalue weighted by Gasteiger charge is 2.18. The van der Waals surface area contributed by atoms with Gasteiger partial charge in [-0.2, -0.15) is 5.10 Å². The summed E-state index contributed by atoms with van der Waals surface area (Å²) < 4.78 is 7.08. The highest BCUT2D eigenvalue weighted by molar-refractivity contribution is 6.30. The monoisotopic (exact) mass is 345 g/mol. The first-order valence-electron chi connectivity index (χ1n) is 7.48. The van der Waals surface area contributed by atoms with Crippen molar-refractivity contribution in [2.45, 2.75) is 6.42 Å². The maximum Gasteiger partial charge on any atom is 0.271 e. The fraction of sp³-hybridized carbons (Fsp3) is 0.176. The molecule has 1 amide bonds. The predicted octanol–water partition coefficient (Wildman–Crippen LogP) is 2.90. The number of benzene rings is 1. The van der Waals surface area contributed by atoms with Gasteiger partial charge >= 0.3 is 0 Å². The SMILES string of the molecule is O=C(NCCCO)c1cc(-c2ccco2)n(-c2ccc(Cl)cc2)n1. The zero-order valence-corrected chi connectivity index (χ0v) is 13.5. The number of nitrogens with zero attached hydrogens (tertiary/aromatic N) is 2. The summed E-state index contributed by atoms with van der Waals surface area (Å²) in [5.41, 5.74) is 1.70. The maximum absolute atomic E-state index is 12.2. The van der Waals surface area contributed by atoms with Crippen LogP contribution < -0.4 is 5.32 Å². The summed E-state index contributed by atoms with van der Waals surface area (Å²) in [4.78, 5) is 12.2. The van der Waals surface area contributed by atoms with Crippen LogP contribution >= 0.6 is 11.6 Å². The first kappa shape index (κ1) is 16.3. The molecule has 24 heavy (non-hydrogen) atoms. The lowest BCUT2D eigenvalue weighted by Gasteiger charge is -2.05. The smallest absolute Gasteiger partial charge is 0.271 e. The Bertz CT molecular complexity index is 810. The van der Waals surface area contributed by atoms with Gasteiger partial charge in [0.05, 0.1) is 12.0 Å². The van der Waals surface area contributed by atoms with Crippen molar-refractivity contribution < 1.29 is 14.3 Å². The van der Waals surface area contributed by atoms with Crippen LogP contribution in [-0.4, -0.2) is 33.9 Å². The van der Waals surface area contributed by atoms with Gasteiger partial charge in [0.1, 0.15) is 5.69 Å². The number of furan rings is 1. The number of aliphatic hydroxyl groups excluding tert-OH is 1. The van der Waals surface area contributed by atoms with Crippen LogP contribution in [0.25, 0.3) is 17.1 Å². The molecule has 2 N–H and O–H groups in total. The molecule has 0 unspecified atom stereocenters. The lowest BCUT2D eigenvalue weighted by atomic mass is 10.2. The fourth-order valence-electron chi connectivity index (χ4n) is 2.24. The van der Waals surface area contributed by atoms with E-state index in [1.54, 1.807) is 41.3 Å². The largest absolute Gasteiger partial charge is 0.463 e. The molecule has 0 fully saturated rings. The molecule has 0 saturated carbocycles. The van der Waals surface area contributed by atoms with Gasteiger partial charge in [-0.25, -0.2) is 4.68 Å². The van der Waals surface area contributed by atoms with Crippen LogP contribution in [0.15, 0.2) is 53.1 Å². The zero-order valence-electron chi connectivity index (χ0n) is 12.8. The summed E-state index contributed by atoms with van der Waals surface area (Å²) in [5, 5.41) is 16.5. The van der Waals surface area contributed by atoms with Gasteiger partial charge < -0.3 is 14.8 Å². The second kappa shape index (κ2) is 7.33. The van der Waals surface area contributed by atoms with Gasteiger partial charge in [0.2, 0.25) is 0 Å². The Morgan fingerprint density at radius 3 is 2.75 bits per heavy atom. The summed E-state index contributed by atoms with van der Waals surface area (Å²) in [6.45, 7) is 0.413. The molecule has 2 heterocycles. The van der Waals surface area contributed by atoms with Crippen LogP contribution in [0.2, 0.25) is 5.02 Å². The number of halogens is 1. The van der Waals surface area contributed by atoms with Gasteiger partial charge in [0.25, 0.3) is 5.91 Å². The molecular weight excluding hydrogens is 330 g/mol. The third kappa shape index (κ3) is 3.50. The van der Waals surface area contributed by atoms with Gasteiger partial charge in [-0.05, 0) is 42.8 Å². The van der Waals surface area contributed by atoms with Crippen molar-refractivity contribution in [1.29, 1.82) is 0 Å². The van der Waals surface area contributed by atoms with Gasteiger partial charge in [0, 0.05) is 24.2 Å². The van der Waals surface area contributed by atoms with E-state index >= 15 is 0 Å². The number of hydrogen-bond donors (Lipinski definition) is 2. The zero-order chi connectivity index (χ0) is 16.9. The number of carbonyl (C=O) groups excluding carboxylic acids is 1. The minimum Gasteiger partial charge on any atom is -0.463 e. The average molecular weight is 346 g/mol. The molecule has 0 spiro atoms. The van der Waals surface area contributed by atoms with Crippen LogP contribution in [-0.2, 0) is 0 Å². The third-order valence-electron chi connectivity index (χ3n) is 3.41. The van der Waals surface area contributed by atoms with Crippen molar-refractivity contribution in [3.05, 3.63) is 59.4 Å². The van der Waals surface area contributed by atoms with Gasteiger partial charge in [0.15, 0.2) is 11.5 Å². The number of aromatic nitrogens is 2. The Morgan fingerprint density at radius 1 is 1.29 bits per heavy atom. The number of carbonyl (C=O) groups is 1. The minimum absolute atomic E-state index is 0.0249. The molecule has 1 aromatic carbocycles. The molecule has 0 saturated heterocycles. The van der Waals surface area contributed by atoms with E-state index in [0.717, 1.165) is 5.69 Å². The van der Waals surface area contributed by atoms with Gasteiger partial charge in [-0.15, -0.1) is 0 Å². The van der Waals surface area contributed by atoms with Crippen LogP contribution in [0.4, 0.5) is 0 Å². The predicted molar refractivity (Wildman–Crippen MR) is 90.3 cm³/mol. The molecule has 3 rings (SSSR count). The van der Waals surface area contributed by atoms with Crippen molar-refractivity contribution in [3.8, 4) is 17.1 Å². The molecule has 0 radical (unpaired) electrons. The standard InChI is InChI=1S/C17H16ClN3O3/c18-12-4-6-13(7-5-12)21-15(16-3-1-10-24-16)11-14(20-21)17(23)19-8-2-9-22/h1,3-7,10-11,22H,2,8-9H2,(H,19,23). The Kier molecular flexibility index (Phi) is 4.98. The van der Waals surface area contributed by atoms with Gasteiger partial charge in [-0.1, -0.05) is 11.6 Å². The molecule has 2 aromatic heterocycles. The van der Waals surface area contributed by atoms with Crippen LogP contribution in [0.3, 0.4) is 0 Å². The third-order valence-corrected chi connectivity index (χ3v) is 3.66. The second-order valence-corrected chi connectivity index (χ2v) is 5.55. The normalized spacial score (nSPS) is 10.8. The summed E-state index contributed by atoms with van der Waals surface area (Å²) >= 11 is 5.93.